The standard InChI is InChI=1S/C17H20F2O2/c1-2-3-14(17(20)21)12-6-4-11(5-7-12)13-8-9-15(18)16(19)10-13/h2,8-12,14H,1,3-7H2,(H,20,21). The van der Waals surface area contributed by atoms with Gasteiger partial charge < -0.3 is 5.11 Å². The zero-order chi connectivity index (χ0) is 15.4. The number of halogens is 2. The lowest BCUT2D eigenvalue weighted by atomic mass is 9.73. The van der Waals surface area contributed by atoms with Gasteiger partial charge in [0.05, 0.1) is 5.92 Å². The van der Waals surface area contributed by atoms with Gasteiger partial charge in [-0.3, -0.25) is 4.79 Å². The first-order chi connectivity index (χ1) is 10.0. The van der Waals surface area contributed by atoms with Crippen molar-refractivity contribution in [3.63, 3.8) is 0 Å². The SMILES string of the molecule is C=CCC(C(=O)O)C1CCC(c2ccc(F)c(F)c2)CC1. The number of allylic oxidation sites excluding steroid dienone is 1. The average molecular weight is 294 g/mol. The van der Waals surface area contributed by atoms with Crippen LogP contribution in [0.25, 0.3) is 0 Å². The van der Waals surface area contributed by atoms with Gasteiger partial charge in [-0.1, -0.05) is 12.1 Å². The van der Waals surface area contributed by atoms with Crippen LogP contribution in [0.15, 0.2) is 30.9 Å². The fourth-order valence-electron chi connectivity index (χ4n) is 3.30. The maximum Gasteiger partial charge on any atom is 0.307 e. The summed E-state index contributed by atoms with van der Waals surface area (Å²) in [6, 6.07) is 4.05. The highest BCUT2D eigenvalue weighted by atomic mass is 19.2. The molecule has 1 unspecified atom stereocenters. The van der Waals surface area contributed by atoms with Crippen molar-refractivity contribution in [2.24, 2.45) is 11.8 Å². The molecule has 21 heavy (non-hydrogen) atoms. The normalized spacial score (nSPS) is 23.5. The lowest BCUT2D eigenvalue weighted by Gasteiger charge is -2.32. The molecule has 1 aliphatic carbocycles. The highest BCUT2D eigenvalue weighted by Gasteiger charge is 2.31. The van der Waals surface area contributed by atoms with Gasteiger partial charge in [0.2, 0.25) is 0 Å². The van der Waals surface area contributed by atoms with Crippen LogP contribution in [0.1, 0.15) is 43.6 Å². The molecule has 1 atom stereocenters. The van der Waals surface area contributed by atoms with Crippen LogP contribution in [0.5, 0.6) is 0 Å². The van der Waals surface area contributed by atoms with E-state index in [1.807, 2.05) is 0 Å². The van der Waals surface area contributed by atoms with Gasteiger partial charge in [0.1, 0.15) is 0 Å². The van der Waals surface area contributed by atoms with E-state index in [1.54, 1.807) is 12.1 Å². The first-order valence-corrected chi connectivity index (χ1v) is 7.31. The van der Waals surface area contributed by atoms with E-state index in [1.165, 1.54) is 6.07 Å². The summed E-state index contributed by atoms with van der Waals surface area (Å²) < 4.78 is 26.2. The molecular formula is C17H20F2O2. The maximum absolute atomic E-state index is 13.3. The fourth-order valence-corrected chi connectivity index (χ4v) is 3.30. The molecule has 0 aromatic heterocycles. The van der Waals surface area contributed by atoms with Gasteiger partial charge in [-0.15, -0.1) is 6.58 Å². The Hall–Kier alpha value is -1.71. The summed E-state index contributed by atoms with van der Waals surface area (Å²) in [5, 5.41) is 9.27. The molecule has 1 aliphatic rings. The van der Waals surface area contributed by atoms with E-state index in [0.717, 1.165) is 37.3 Å². The first-order valence-electron chi connectivity index (χ1n) is 7.31. The summed E-state index contributed by atoms with van der Waals surface area (Å²) in [7, 11) is 0. The van der Waals surface area contributed by atoms with Crippen LogP contribution in [0, 0.1) is 23.5 Å². The number of hydrogen-bond acceptors (Lipinski definition) is 1. The van der Waals surface area contributed by atoms with Crippen LogP contribution in [-0.2, 0) is 4.79 Å². The molecule has 1 saturated carbocycles. The number of rotatable bonds is 5. The average Bonchev–Trinajstić information content (AvgIpc) is 2.47. The minimum Gasteiger partial charge on any atom is -0.481 e. The highest BCUT2D eigenvalue weighted by molar-refractivity contribution is 5.70. The van der Waals surface area contributed by atoms with Gasteiger partial charge in [0.15, 0.2) is 11.6 Å². The Morgan fingerprint density at radius 1 is 1.29 bits per heavy atom. The van der Waals surface area contributed by atoms with Crippen molar-refractivity contribution in [1.82, 2.24) is 0 Å². The predicted octanol–water partition coefficient (Wildman–Crippen LogP) is 4.52. The lowest BCUT2D eigenvalue weighted by Crippen LogP contribution is -2.27. The van der Waals surface area contributed by atoms with Crippen molar-refractivity contribution in [3.8, 4) is 0 Å². The van der Waals surface area contributed by atoms with E-state index in [4.69, 9.17) is 0 Å². The molecule has 1 aromatic carbocycles. The van der Waals surface area contributed by atoms with Gasteiger partial charge >= 0.3 is 5.97 Å². The molecule has 1 aromatic rings. The Morgan fingerprint density at radius 3 is 2.48 bits per heavy atom. The van der Waals surface area contributed by atoms with E-state index in [2.05, 4.69) is 6.58 Å². The van der Waals surface area contributed by atoms with E-state index in [-0.39, 0.29) is 17.8 Å². The van der Waals surface area contributed by atoms with Gasteiger partial charge in [-0.2, -0.15) is 0 Å². The summed E-state index contributed by atoms with van der Waals surface area (Å²) in [4.78, 5) is 11.3. The van der Waals surface area contributed by atoms with E-state index < -0.39 is 17.6 Å². The Kier molecular flexibility index (Phi) is 5.10. The second kappa shape index (κ2) is 6.83. The number of aliphatic carboxylic acids is 1. The largest absolute Gasteiger partial charge is 0.481 e. The number of benzene rings is 1. The number of carbonyl (C=O) groups is 1. The number of carboxylic acid groups (broad SMARTS) is 1. The minimum absolute atomic E-state index is 0.141. The van der Waals surface area contributed by atoms with Crippen molar-refractivity contribution >= 4 is 5.97 Å². The van der Waals surface area contributed by atoms with Crippen LogP contribution in [0.4, 0.5) is 8.78 Å². The van der Waals surface area contributed by atoms with Gasteiger partial charge in [-0.05, 0) is 61.6 Å². The molecule has 4 heteroatoms. The van der Waals surface area contributed by atoms with E-state index in [0.29, 0.717) is 6.42 Å². The second-order valence-corrected chi connectivity index (χ2v) is 5.75. The molecule has 1 N–H and O–H groups in total. The van der Waals surface area contributed by atoms with Crippen molar-refractivity contribution in [3.05, 3.63) is 48.1 Å². The molecule has 0 radical (unpaired) electrons. The van der Waals surface area contributed by atoms with Crippen LogP contribution in [-0.4, -0.2) is 11.1 Å². The molecule has 0 amide bonds. The zero-order valence-corrected chi connectivity index (χ0v) is 11.9. The van der Waals surface area contributed by atoms with Crippen LogP contribution in [0.2, 0.25) is 0 Å². The second-order valence-electron chi connectivity index (χ2n) is 5.75. The third-order valence-electron chi connectivity index (χ3n) is 4.49. The molecule has 114 valence electrons. The molecule has 2 rings (SSSR count). The molecule has 0 spiro atoms. The van der Waals surface area contributed by atoms with Gasteiger partial charge in [0.25, 0.3) is 0 Å². The summed E-state index contributed by atoms with van der Waals surface area (Å²) in [5.74, 6) is -2.47. The zero-order valence-electron chi connectivity index (χ0n) is 11.9. The van der Waals surface area contributed by atoms with Crippen molar-refractivity contribution in [1.29, 1.82) is 0 Å². The molecular weight excluding hydrogens is 274 g/mol. The molecule has 1 fully saturated rings. The molecule has 0 saturated heterocycles. The van der Waals surface area contributed by atoms with E-state index in [9.17, 15) is 18.7 Å². The van der Waals surface area contributed by atoms with Crippen LogP contribution in [0.3, 0.4) is 0 Å². The van der Waals surface area contributed by atoms with Crippen LogP contribution < -0.4 is 0 Å². The third kappa shape index (κ3) is 3.69. The van der Waals surface area contributed by atoms with Crippen molar-refractivity contribution in [2.45, 2.75) is 38.0 Å². The van der Waals surface area contributed by atoms with E-state index >= 15 is 0 Å². The topological polar surface area (TPSA) is 37.3 Å². The molecule has 0 heterocycles. The Labute approximate surface area is 123 Å². The van der Waals surface area contributed by atoms with Gasteiger partial charge in [-0.25, -0.2) is 8.78 Å². The van der Waals surface area contributed by atoms with Crippen molar-refractivity contribution < 1.29 is 18.7 Å². The van der Waals surface area contributed by atoms with Crippen molar-refractivity contribution in [2.75, 3.05) is 0 Å². The molecule has 2 nitrogen and oxygen atoms in total. The first kappa shape index (κ1) is 15.7. The van der Waals surface area contributed by atoms with Crippen LogP contribution >= 0.6 is 0 Å². The Bertz CT molecular complexity index is 520. The number of hydrogen-bond donors (Lipinski definition) is 1. The quantitative estimate of drug-likeness (QED) is 0.811. The Morgan fingerprint density at radius 2 is 1.95 bits per heavy atom. The smallest absolute Gasteiger partial charge is 0.307 e. The minimum atomic E-state index is -0.829. The monoisotopic (exact) mass is 294 g/mol. The maximum atomic E-state index is 13.3. The summed E-state index contributed by atoms with van der Waals surface area (Å²) >= 11 is 0. The van der Waals surface area contributed by atoms with Gasteiger partial charge in [0, 0.05) is 0 Å². The summed E-state index contributed by atoms with van der Waals surface area (Å²) in [5.41, 5.74) is 0.808. The highest BCUT2D eigenvalue weighted by Crippen LogP contribution is 2.40. The number of carboxylic acids is 1. The summed E-state index contributed by atoms with van der Waals surface area (Å²) in [6.07, 6.45) is 5.37. The molecule has 0 bridgehead atoms. The third-order valence-corrected chi connectivity index (χ3v) is 4.49. The fraction of sp³-hybridized carbons (Fsp3) is 0.471. The molecule has 0 aliphatic heterocycles. The summed E-state index contributed by atoms with van der Waals surface area (Å²) in [6.45, 7) is 3.62. The Balaban J connectivity index is 2.00. The lowest BCUT2D eigenvalue weighted by molar-refractivity contribution is -0.144. The predicted molar refractivity (Wildman–Crippen MR) is 77.0 cm³/mol.